The minimum atomic E-state index is 0.434. The number of nitrogens with two attached hydrogens (primary N) is 1. The maximum absolute atomic E-state index is 5.69. The zero-order chi connectivity index (χ0) is 9.14. The highest BCUT2D eigenvalue weighted by molar-refractivity contribution is 5.24. The minimum absolute atomic E-state index is 0.434. The molecule has 0 aromatic carbocycles. The Morgan fingerprint density at radius 1 is 1.42 bits per heavy atom. The molecule has 0 radical (unpaired) electrons. The van der Waals surface area contributed by atoms with Gasteiger partial charge in [0, 0.05) is 5.92 Å². The number of rotatable bonds is 3. The van der Waals surface area contributed by atoms with E-state index in [2.05, 4.69) is 20.8 Å². The van der Waals surface area contributed by atoms with Crippen LogP contribution in [-0.4, -0.2) is 6.54 Å². The van der Waals surface area contributed by atoms with Gasteiger partial charge in [0.05, 0.1) is 12.5 Å². The molecule has 0 amide bonds. The molecule has 0 bridgehead atoms. The smallest absolute Gasteiger partial charge is 0.0940 e. The van der Waals surface area contributed by atoms with Gasteiger partial charge in [-0.05, 0) is 30.5 Å². The van der Waals surface area contributed by atoms with Crippen molar-refractivity contribution in [2.75, 3.05) is 6.54 Å². The third-order valence-electron chi connectivity index (χ3n) is 2.35. The van der Waals surface area contributed by atoms with Gasteiger partial charge in [-0.2, -0.15) is 0 Å². The number of hydrogen-bond acceptors (Lipinski definition) is 2. The summed E-state index contributed by atoms with van der Waals surface area (Å²) in [7, 11) is 0. The lowest BCUT2D eigenvalue weighted by atomic mass is 9.88. The predicted octanol–water partition coefficient (Wildman–Crippen LogP) is 2.29. The molecule has 1 heterocycles. The molecule has 1 atom stereocenters. The van der Waals surface area contributed by atoms with Crippen LogP contribution in [0.5, 0.6) is 0 Å². The first-order valence-electron chi connectivity index (χ1n) is 4.39. The fourth-order valence-corrected chi connectivity index (χ4v) is 1.51. The minimum Gasteiger partial charge on any atom is -0.472 e. The first kappa shape index (κ1) is 9.33. The second-order valence-corrected chi connectivity index (χ2v) is 3.60. The van der Waals surface area contributed by atoms with Crippen molar-refractivity contribution < 1.29 is 4.42 Å². The van der Waals surface area contributed by atoms with Gasteiger partial charge in [-0.25, -0.2) is 0 Å². The highest BCUT2D eigenvalue weighted by atomic mass is 16.3. The highest BCUT2D eigenvalue weighted by Gasteiger charge is 2.17. The van der Waals surface area contributed by atoms with Gasteiger partial charge in [0.2, 0.25) is 0 Å². The Morgan fingerprint density at radius 2 is 2.08 bits per heavy atom. The van der Waals surface area contributed by atoms with Crippen LogP contribution in [0.4, 0.5) is 0 Å². The summed E-state index contributed by atoms with van der Waals surface area (Å²) in [4.78, 5) is 0. The Bertz CT molecular complexity index is 240. The van der Waals surface area contributed by atoms with Crippen LogP contribution in [0.25, 0.3) is 0 Å². The molecule has 0 spiro atoms. The summed E-state index contributed by atoms with van der Waals surface area (Å²) in [6.45, 7) is 7.12. The first-order valence-corrected chi connectivity index (χ1v) is 4.39. The lowest BCUT2D eigenvalue weighted by Gasteiger charge is -2.17. The third-order valence-corrected chi connectivity index (χ3v) is 2.35. The normalized spacial score (nSPS) is 13.8. The van der Waals surface area contributed by atoms with Gasteiger partial charge in [-0.15, -0.1) is 0 Å². The number of aryl methyl sites for hydroxylation is 1. The Balaban J connectivity index is 2.87. The summed E-state index contributed by atoms with van der Waals surface area (Å²) < 4.78 is 5.12. The van der Waals surface area contributed by atoms with Crippen LogP contribution in [0, 0.1) is 12.8 Å². The van der Waals surface area contributed by atoms with Crippen LogP contribution in [0.1, 0.15) is 30.9 Å². The Hall–Kier alpha value is -0.760. The van der Waals surface area contributed by atoms with Crippen molar-refractivity contribution >= 4 is 0 Å². The van der Waals surface area contributed by atoms with E-state index >= 15 is 0 Å². The Morgan fingerprint density at radius 3 is 2.42 bits per heavy atom. The van der Waals surface area contributed by atoms with Crippen molar-refractivity contribution in [1.29, 1.82) is 0 Å². The van der Waals surface area contributed by atoms with Crippen molar-refractivity contribution in [3.05, 3.63) is 23.7 Å². The van der Waals surface area contributed by atoms with Crippen molar-refractivity contribution in [2.45, 2.75) is 26.7 Å². The molecule has 2 heteroatoms. The second-order valence-electron chi connectivity index (χ2n) is 3.60. The Kier molecular flexibility index (Phi) is 2.93. The lowest BCUT2D eigenvalue weighted by Crippen LogP contribution is -2.17. The van der Waals surface area contributed by atoms with E-state index in [0.717, 1.165) is 0 Å². The van der Waals surface area contributed by atoms with Crippen LogP contribution in [0.15, 0.2) is 16.9 Å². The van der Waals surface area contributed by atoms with Gasteiger partial charge < -0.3 is 10.2 Å². The molecule has 0 saturated heterocycles. The van der Waals surface area contributed by atoms with E-state index in [1.54, 1.807) is 6.26 Å². The van der Waals surface area contributed by atoms with Crippen molar-refractivity contribution in [1.82, 2.24) is 0 Å². The summed E-state index contributed by atoms with van der Waals surface area (Å²) in [5.41, 5.74) is 8.16. The zero-order valence-electron chi connectivity index (χ0n) is 8.00. The largest absolute Gasteiger partial charge is 0.472 e. The summed E-state index contributed by atoms with van der Waals surface area (Å²) >= 11 is 0. The first-order chi connectivity index (χ1) is 5.66. The van der Waals surface area contributed by atoms with Gasteiger partial charge in [-0.3, -0.25) is 0 Å². The summed E-state index contributed by atoms with van der Waals surface area (Å²) in [6.07, 6.45) is 3.59. The van der Waals surface area contributed by atoms with Crippen LogP contribution < -0.4 is 5.73 Å². The van der Waals surface area contributed by atoms with Gasteiger partial charge in [-0.1, -0.05) is 13.8 Å². The topological polar surface area (TPSA) is 39.2 Å². The van der Waals surface area contributed by atoms with Crippen LogP contribution in [0.3, 0.4) is 0 Å². The SMILES string of the molecule is Cc1cocc1C(CN)C(C)C. The average molecular weight is 167 g/mol. The molecule has 2 nitrogen and oxygen atoms in total. The molecule has 0 saturated carbocycles. The maximum Gasteiger partial charge on any atom is 0.0940 e. The monoisotopic (exact) mass is 167 g/mol. The molecule has 0 aliphatic carbocycles. The molecule has 68 valence electrons. The molecule has 1 aromatic rings. The number of furan rings is 1. The summed E-state index contributed by atoms with van der Waals surface area (Å²) in [6, 6.07) is 0. The van der Waals surface area contributed by atoms with Crippen LogP contribution >= 0.6 is 0 Å². The van der Waals surface area contributed by atoms with E-state index in [0.29, 0.717) is 18.4 Å². The van der Waals surface area contributed by atoms with E-state index in [9.17, 15) is 0 Å². The summed E-state index contributed by atoms with van der Waals surface area (Å²) in [5, 5.41) is 0. The molecule has 12 heavy (non-hydrogen) atoms. The zero-order valence-corrected chi connectivity index (χ0v) is 8.00. The van der Waals surface area contributed by atoms with E-state index < -0.39 is 0 Å². The Labute approximate surface area is 73.8 Å². The maximum atomic E-state index is 5.69. The molecule has 0 aliphatic heterocycles. The lowest BCUT2D eigenvalue weighted by molar-refractivity contribution is 0.493. The van der Waals surface area contributed by atoms with Crippen LogP contribution in [-0.2, 0) is 0 Å². The van der Waals surface area contributed by atoms with Crippen molar-refractivity contribution in [2.24, 2.45) is 11.7 Å². The standard InChI is InChI=1S/C10H17NO/c1-7(2)9(4-11)10-6-12-5-8(10)3/h5-7,9H,4,11H2,1-3H3. The van der Waals surface area contributed by atoms with Gasteiger partial charge >= 0.3 is 0 Å². The summed E-state index contributed by atoms with van der Waals surface area (Å²) in [5.74, 6) is 1.01. The molecule has 0 aliphatic rings. The third kappa shape index (κ3) is 1.69. The molecular formula is C10H17NO. The molecular weight excluding hydrogens is 150 g/mol. The van der Waals surface area contributed by atoms with E-state index in [1.807, 2.05) is 6.26 Å². The molecule has 1 rings (SSSR count). The fraction of sp³-hybridized carbons (Fsp3) is 0.600. The van der Waals surface area contributed by atoms with Gasteiger partial charge in [0.15, 0.2) is 0 Å². The van der Waals surface area contributed by atoms with E-state index in [4.69, 9.17) is 10.2 Å². The van der Waals surface area contributed by atoms with E-state index in [-0.39, 0.29) is 0 Å². The quantitative estimate of drug-likeness (QED) is 0.750. The van der Waals surface area contributed by atoms with Gasteiger partial charge in [0.1, 0.15) is 0 Å². The van der Waals surface area contributed by atoms with Crippen LogP contribution in [0.2, 0.25) is 0 Å². The molecule has 2 N–H and O–H groups in total. The van der Waals surface area contributed by atoms with Gasteiger partial charge in [0.25, 0.3) is 0 Å². The fourth-order valence-electron chi connectivity index (χ4n) is 1.51. The van der Waals surface area contributed by atoms with E-state index in [1.165, 1.54) is 11.1 Å². The molecule has 1 unspecified atom stereocenters. The molecule has 0 fully saturated rings. The molecule has 1 aromatic heterocycles. The second kappa shape index (κ2) is 3.76. The predicted molar refractivity (Wildman–Crippen MR) is 50.1 cm³/mol. The highest BCUT2D eigenvalue weighted by Crippen LogP contribution is 2.26. The van der Waals surface area contributed by atoms with Crippen molar-refractivity contribution in [3.8, 4) is 0 Å². The average Bonchev–Trinajstić information content (AvgIpc) is 2.38. The number of hydrogen-bond donors (Lipinski definition) is 1. The van der Waals surface area contributed by atoms with Crippen molar-refractivity contribution in [3.63, 3.8) is 0 Å².